The van der Waals surface area contributed by atoms with Gasteiger partial charge < -0.3 is 36.4 Å². The Bertz CT molecular complexity index is 3060. The first kappa shape index (κ1) is 53.0. The van der Waals surface area contributed by atoms with Crippen LogP contribution in [0.1, 0.15) is 73.9 Å². The van der Waals surface area contributed by atoms with Gasteiger partial charge in [0.05, 0.1) is 0 Å². The summed E-state index contributed by atoms with van der Waals surface area (Å²) in [6.07, 6.45) is 3.61. The Labute approximate surface area is 453 Å². The summed E-state index contributed by atoms with van der Waals surface area (Å²) < 4.78 is 34.2. The number of fused-ring (bicyclic) bond motifs is 6. The summed E-state index contributed by atoms with van der Waals surface area (Å²) in [6, 6.07) is 69.2. The number of hydrogen-bond donors (Lipinski definition) is 0. The van der Waals surface area contributed by atoms with Crippen molar-refractivity contribution in [3.63, 3.8) is 0 Å². The van der Waals surface area contributed by atoms with Gasteiger partial charge in [0.2, 0.25) is 0 Å². The van der Waals surface area contributed by atoms with E-state index in [1.165, 1.54) is 55.6 Å². The van der Waals surface area contributed by atoms with E-state index in [4.69, 9.17) is 26.6 Å². The number of benzene rings is 8. The maximum absolute atomic E-state index is 5.71. The molecular weight excluding hydrogens is 973 g/mol. The molecule has 10 rings (SSSR count). The van der Waals surface area contributed by atoms with Crippen LogP contribution in [-0.4, -0.2) is 60.3 Å². The van der Waals surface area contributed by atoms with Crippen molar-refractivity contribution in [1.82, 2.24) is 0 Å². The largest absolute Gasteiger partial charge is 0.500 e. The van der Waals surface area contributed by atoms with Crippen LogP contribution in [0, 0.1) is 0 Å². The van der Waals surface area contributed by atoms with Crippen LogP contribution in [0.25, 0.3) is 33.4 Å². The van der Waals surface area contributed by atoms with Gasteiger partial charge in [-0.25, -0.2) is 0 Å². The standard InChI is InChI=1S/C66H72N2O6Si2/c1-65(2)61-21-13-11-19-57(61)59-41-39-55(45-63(59)65)67(51-31-23-47(24-32-51)17-15-43-75(69-5,70-6)71-7)53-35-27-49(28-36-53)50-29-37-54(38-30-50)68(52-33-25-48(26-34-52)18-16-44-76(72-8,73-9)74-10)56-40-42-60-58-20-12-14-22-62(58)66(3,4)64(60)46-56/h11-14,19-42,45-46H,15-18,43-44H2,1-10H3. The van der Waals surface area contributed by atoms with E-state index < -0.39 is 17.6 Å². The SMILES string of the molecule is CO[Si](CCCc1ccc(N(c2ccc(-c3ccc(N(c4ccc(CCC[Si](OC)(OC)OC)cc4)c4ccc5c(c4)C(C)(C)c4ccccc4-5)cc3)cc2)c2ccc3c(c2)C(C)(C)c2ccccc2-3)cc1)(OC)OC. The average Bonchev–Trinajstić information content (AvgIpc) is 3.86. The molecule has 2 aliphatic rings. The average molecular weight is 1050 g/mol. The van der Waals surface area contributed by atoms with E-state index in [2.05, 4.69) is 219 Å². The van der Waals surface area contributed by atoms with Gasteiger partial charge in [-0.05, 0) is 165 Å². The fourth-order valence-corrected chi connectivity index (χ4v) is 15.4. The predicted octanol–water partition coefficient (Wildman–Crippen LogP) is 16.5. The highest BCUT2D eigenvalue weighted by Crippen LogP contribution is 2.52. The fraction of sp³-hybridized carbons (Fsp3) is 0.273. The van der Waals surface area contributed by atoms with E-state index in [0.29, 0.717) is 0 Å². The van der Waals surface area contributed by atoms with Crippen molar-refractivity contribution >= 4 is 51.7 Å². The van der Waals surface area contributed by atoms with Crippen molar-refractivity contribution in [2.24, 2.45) is 0 Å². The Morgan fingerprint density at radius 2 is 0.618 bits per heavy atom. The Balaban J connectivity index is 0.957. The Kier molecular flexibility index (Phi) is 15.3. The molecule has 0 bridgehead atoms. The zero-order chi connectivity index (χ0) is 53.2. The second-order valence-electron chi connectivity index (χ2n) is 21.2. The lowest BCUT2D eigenvalue weighted by atomic mass is 9.82. The van der Waals surface area contributed by atoms with Crippen LogP contribution in [-0.2, 0) is 50.2 Å². The van der Waals surface area contributed by atoms with E-state index in [1.54, 1.807) is 42.7 Å². The lowest BCUT2D eigenvalue weighted by Gasteiger charge is -2.29. The molecule has 0 heterocycles. The molecular formula is C66H72N2O6Si2. The monoisotopic (exact) mass is 1040 g/mol. The van der Waals surface area contributed by atoms with Crippen LogP contribution in [0.3, 0.4) is 0 Å². The highest BCUT2D eigenvalue weighted by molar-refractivity contribution is 6.60. The maximum Gasteiger partial charge on any atom is 0.500 e. The fourth-order valence-electron chi connectivity index (χ4n) is 11.9. The van der Waals surface area contributed by atoms with E-state index in [0.717, 1.165) is 83.0 Å². The topological polar surface area (TPSA) is 61.9 Å². The molecule has 0 atom stereocenters. The van der Waals surface area contributed by atoms with Gasteiger partial charge in [-0.2, -0.15) is 0 Å². The Morgan fingerprint density at radius 1 is 0.329 bits per heavy atom. The molecule has 0 amide bonds. The van der Waals surface area contributed by atoms with Crippen LogP contribution < -0.4 is 9.80 Å². The second kappa shape index (κ2) is 21.9. The quantitative estimate of drug-likeness (QED) is 0.0660. The zero-order valence-corrected chi connectivity index (χ0v) is 47.9. The van der Waals surface area contributed by atoms with E-state index in [1.807, 2.05) is 0 Å². The van der Waals surface area contributed by atoms with Crippen LogP contribution in [0.4, 0.5) is 34.1 Å². The summed E-state index contributed by atoms with van der Waals surface area (Å²) >= 11 is 0. The molecule has 0 aromatic heterocycles. The highest BCUT2D eigenvalue weighted by atomic mass is 28.4. The molecule has 2 aliphatic carbocycles. The third kappa shape index (κ3) is 9.93. The lowest BCUT2D eigenvalue weighted by molar-refractivity contribution is 0.122. The normalized spacial score (nSPS) is 14.0. The number of hydrogen-bond acceptors (Lipinski definition) is 8. The minimum absolute atomic E-state index is 0.130. The summed E-state index contributed by atoms with van der Waals surface area (Å²) in [5.74, 6) is 0. The summed E-state index contributed by atoms with van der Waals surface area (Å²) in [5, 5.41) is 0. The van der Waals surface area contributed by atoms with Gasteiger partial charge in [0.1, 0.15) is 0 Å². The van der Waals surface area contributed by atoms with Gasteiger partial charge in [-0.15, -0.1) is 0 Å². The smallest absolute Gasteiger partial charge is 0.377 e. The molecule has 76 heavy (non-hydrogen) atoms. The number of nitrogens with zero attached hydrogens (tertiary/aromatic N) is 2. The number of anilines is 6. The van der Waals surface area contributed by atoms with Crippen molar-refractivity contribution in [2.45, 2.75) is 76.3 Å². The molecule has 10 heteroatoms. The molecule has 0 fully saturated rings. The van der Waals surface area contributed by atoms with Gasteiger partial charge in [-0.3, -0.25) is 0 Å². The van der Waals surface area contributed by atoms with Crippen molar-refractivity contribution in [1.29, 1.82) is 0 Å². The highest BCUT2D eigenvalue weighted by Gasteiger charge is 2.39. The lowest BCUT2D eigenvalue weighted by Crippen LogP contribution is -2.42. The molecule has 390 valence electrons. The summed E-state index contributed by atoms with van der Waals surface area (Å²) in [6.45, 7) is 9.38. The third-order valence-corrected chi connectivity index (χ3v) is 22.1. The van der Waals surface area contributed by atoms with Crippen molar-refractivity contribution in [2.75, 3.05) is 52.5 Å². The molecule has 8 aromatic rings. The zero-order valence-electron chi connectivity index (χ0n) is 45.9. The van der Waals surface area contributed by atoms with Crippen molar-refractivity contribution < 1.29 is 26.6 Å². The first-order chi connectivity index (χ1) is 36.8. The van der Waals surface area contributed by atoms with Gasteiger partial charge in [-0.1, -0.05) is 137 Å². The van der Waals surface area contributed by atoms with E-state index >= 15 is 0 Å². The van der Waals surface area contributed by atoms with Crippen LogP contribution in [0.5, 0.6) is 0 Å². The van der Waals surface area contributed by atoms with Gasteiger partial charge in [0.15, 0.2) is 0 Å². The molecule has 8 nitrogen and oxygen atoms in total. The number of aryl methyl sites for hydroxylation is 2. The minimum atomic E-state index is -2.65. The first-order valence-corrected chi connectivity index (χ1v) is 30.5. The molecule has 0 spiro atoms. The van der Waals surface area contributed by atoms with Gasteiger partial charge >= 0.3 is 17.6 Å². The molecule has 8 aromatic carbocycles. The Hall–Kier alpha value is -6.45. The first-order valence-electron chi connectivity index (χ1n) is 26.6. The van der Waals surface area contributed by atoms with Crippen molar-refractivity contribution in [3.05, 3.63) is 215 Å². The number of rotatable bonds is 21. The minimum Gasteiger partial charge on any atom is -0.377 e. The summed E-state index contributed by atoms with van der Waals surface area (Å²) in [4.78, 5) is 4.78. The second-order valence-corrected chi connectivity index (χ2v) is 27.4. The molecule has 0 saturated carbocycles. The Morgan fingerprint density at radius 3 is 0.947 bits per heavy atom. The predicted molar refractivity (Wildman–Crippen MR) is 316 cm³/mol. The van der Waals surface area contributed by atoms with Gasteiger partial charge in [0.25, 0.3) is 0 Å². The molecule has 0 N–H and O–H groups in total. The maximum atomic E-state index is 5.71. The van der Waals surface area contributed by atoms with Crippen LogP contribution in [0.15, 0.2) is 182 Å². The van der Waals surface area contributed by atoms with E-state index in [-0.39, 0.29) is 10.8 Å². The van der Waals surface area contributed by atoms with Gasteiger partial charge in [0, 0.05) is 99.7 Å². The molecule has 0 radical (unpaired) electrons. The van der Waals surface area contributed by atoms with Crippen LogP contribution in [0.2, 0.25) is 12.1 Å². The van der Waals surface area contributed by atoms with Crippen molar-refractivity contribution in [3.8, 4) is 33.4 Å². The third-order valence-electron chi connectivity index (χ3n) is 16.4. The summed E-state index contributed by atoms with van der Waals surface area (Å²) in [5.41, 5.74) is 21.8. The molecule has 0 unspecified atom stereocenters. The molecule has 0 aliphatic heterocycles. The van der Waals surface area contributed by atoms with Crippen LogP contribution >= 0.6 is 0 Å². The summed E-state index contributed by atoms with van der Waals surface area (Å²) in [7, 11) is 4.79. The molecule has 0 saturated heterocycles. The van der Waals surface area contributed by atoms with E-state index in [9.17, 15) is 0 Å².